The minimum Gasteiger partial charge on any atom is -0.378 e. The van der Waals surface area contributed by atoms with Crippen LogP contribution in [0.5, 0.6) is 0 Å². The number of hydrogen-bond donors (Lipinski definition) is 1. The van der Waals surface area contributed by atoms with Gasteiger partial charge in [-0.3, -0.25) is 14.5 Å². The summed E-state index contributed by atoms with van der Waals surface area (Å²) in [4.78, 5) is 35.3. The first-order valence-corrected chi connectivity index (χ1v) is 14.4. The fourth-order valence-corrected chi connectivity index (χ4v) is 6.04. The molecule has 0 atom stereocenters. The first kappa shape index (κ1) is 26.9. The number of ether oxygens (including phenoxy) is 1. The van der Waals surface area contributed by atoms with Crippen LogP contribution in [-0.4, -0.2) is 59.8 Å². The van der Waals surface area contributed by atoms with Gasteiger partial charge in [-0.05, 0) is 72.8 Å². The van der Waals surface area contributed by atoms with Gasteiger partial charge >= 0.3 is 0 Å². The molecule has 0 radical (unpaired) electrons. The molecule has 4 aromatic rings. The van der Waals surface area contributed by atoms with Crippen molar-refractivity contribution in [2.75, 3.05) is 43.6 Å². The first-order chi connectivity index (χ1) is 19.9. The molecule has 2 aliphatic heterocycles. The van der Waals surface area contributed by atoms with Crippen molar-refractivity contribution in [3.63, 3.8) is 0 Å². The zero-order valence-electron chi connectivity index (χ0n) is 23.0. The number of amides is 2. The second-order valence-corrected chi connectivity index (χ2v) is 11.1. The lowest BCUT2D eigenvalue weighted by Crippen LogP contribution is -2.36. The Hall–Kier alpha value is -4.34. The average Bonchev–Trinajstić information content (AvgIpc) is 3.45. The van der Waals surface area contributed by atoms with Crippen LogP contribution in [0.15, 0.2) is 88.9 Å². The molecule has 2 fully saturated rings. The van der Waals surface area contributed by atoms with Crippen molar-refractivity contribution in [3.8, 4) is 0 Å². The molecule has 41 heavy (non-hydrogen) atoms. The highest BCUT2D eigenvalue weighted by Crippen LogP contribution is 2.35. The van der Waals surface area contributed by atoms with E-state index in [0.717, 1.165) is 65.4 Å². The van der Waals surface area contributed by atoms with Crippen LogP contribution in [0.2, 0.25) is 0 Å². The maximum absolute atomic E-state index is 13.2. The van der Waals surface area contributed by atoms with Crippen molar-refractivity contribution in [3.05, 3.63) is 95.0 Å². The summed E-state index contributed by atoms with van der Waals surface area (Å²) in [6.45, 7) is 5.38. The Labute approximate surface area is 243 Å². The highest BCUT2D eigenvalue weighted by atomic mass is 32.2. The monoisotopic (exact) mass is 565 g/mol. The Morgan fingerprint density at radius 2 is 1.83 bits per heavy atom. The number of rotatable bonds is 6. The Balaban J connectivity index is 1.22. The predicted molar refractivity (Wildman–Crippen MR) is 167 cm³/mol. The lowest BCUT2D eigenvalue weighted by atomic mass is 10.1. The topological polar surface area (TPSA) is 79.2 Å². The molecule has 0 unspecified atom stereocenters. The molecule has 9 heteroatoms. The van der Waals surface area contributed by atoms with Crippen molar-refractivity contribution in [2.45, 2.75) is 13.5 Å². The number of hydrogen-bond acceptors (Lipinski definition) is 6. The Morgan fingerprint density at radius 3 is 2.61 bits per heavy atom. The summed E-state index contributed by atoms with van der Waals surface area (Å²) in [6, 6.07) is 23.7. The predicted octanol–water partition coefficient (Wildman–Crippen LogP) is 5.66. The van der Waals surface area contributed by atoms with E-state index in [1.165, 1.54) is 11.8 Å². The van der Waals surface area contributed by atoms with Crippen LogP contribution >= 0.6 is 11.8 Å². The molecule has 8 nitrogen and oxygen atoms in total. The minimum absolute atomic E-state index is 0.104. The number of benzene rings is 3. The number of carbonyl (C=O) groups is 2. The van der Waals surface area contributed by atoms with Crippen LogP contribution < -0.4 is 10.2 Å². The zero-order chi connectivity index (χ0) is 28.3. The Bertz CT molecular complexity index is 1670. The summed E-state index contributed by atoms with van der Waals surface area (Å²) in [5.74, 6) is -0.219. The number of nitrogens with one attached hydrogen (secondary N) is 1. The smallest absolute Gasteiger partial charge is 0.266 e. The van der Waals surface area contributed by atoms with E-state index in [2.05, 4.69) is 22.3 Å². The molecule has 2 aliphatic rings. The van der Waals surface area contributed by atoms with Crippen LogP contribution in [0.4, 0.5) is 17.1 Å². The van der Waals surface area contributed by atoms with E-state index in [1.54, 1.807) is 11.9 Å². The fourth-order valence-electron chi connectivity index (χ4n) is 5.06. The van der Waals surface area contributed by atoms with E-state index in [-0.39, 0.29) is 18.4 Å². The van der Waals surface area contributed by atoms with Crippen molar-refractivity contribution in [1.82, 2.24) is 9.47 Å². The van der Waals surface area contributed by atoms with Gasteiger partial charge < -0.3 is 19.5 Å². The fraction of sp³-hybridized carbons (Fsp3) is 0.219. The lowest BCUT2D eigenvalue weighted by Gasteiger charge is -2.28. The van der Waals surface area contributed by atoms with Crippen LogP contribution in [0.3, 0.4) is 0 Å². The maximum Gasteiger partial charge on any atom is 0.266 e. The normalized spacial score (nSPS) is 17.7. The number of amidine groups is 1. The van der Waals surface area contributed by atoms with Gasteiger partial charge in [-0.15, -0.1) is 0 Å². The van der Waals surface area contributed by atoms with E-state index in [4.69, 9.17) is 9.73 Å². The third-order valence-corrected chi connectivity index (χ3v) is 8.24. The Morgan fingerprint density at radius 1 is 1.05 bits per heavy atom. The highest BCUT2D eigenvalue weighted by molar-refractivity contribution is 8.18. The van der Waals surface area contributed by atoms with Gasteiger partial charge in [0, 0.05) is 54.2 Å². The molecule has 3 heterocycles. The number of fused-ring (bicyclic) bond motifs is 1. The van der Waals surface area contributed by atoms with E-state index in [0.29, 0.717) is 10.1 Å². The molecule has 1 aromatic heterocycles. The van der Waals surface area contributed by atoms with Crippen molar-refractivity contribution in [1.29, 1.82) is 0 Å². The van der Waals surface area contributed by atoms with Gasteiger partial charge in [0.25, 0.3) is 5.91 Å². The van der Waals surface area contributed by atoms with Crippen LogP contribution in [-0.2, 0) is 20.9 Å². The molecule has 208 valence electrons. The van der Waals surface area contributed by atoms with E-state index in [1.807, 2.05) is 84.4 Å². The van der Waals surface area contributed by atoms with Crippen molar-refractivity contribution >= 4 is 62.8 Å². The number of morpholine rings is 1. The standard InChI is InChI=1S/C32H31N5O3S/c1-22-6-5-7-25(18-22)33-30(38)21-37-20-23(27-8-3-4-9-28(27)37)19-29-31(39)35(2)32(41-29)34-24-10-12-26(13-11-24)36-14-16-40-17-15-36/h3-13,18-20H,14-17,21H2,1-2H3,(H,33,38)/b29-19-,34-32?. The van der Waals surface area contributed by atoms with Crippen LogP contribution in [0.1, 0.15) is 11.1 Å². The first-order valence-electron chi connectivity index (χ1n) is 13.6. The number of likely N-dealkylation sites (N-methyl/N-ethyl adjacent to an activating group) is 1. The summed E-state index contributed by atoms with van der Waals surface area (Å²) < 4.78 is 7.37. The molecule has 0 spiro atoms. The molecule has 6 rings (SSSR count). The number of carbonyl (C=O) groups excluding carboxylic acids is 2. The molecule has 0 aliphatic carbocycles. The summed E-state index contributed by atoms with van der Waals surface area (Å²) >= 11 is 1.36. The number of aromatic nitrogens is 1. The van der Waals surface area contributed by atoms with Crippen molar-refractivity contribution < 1.29 is 14.3 Å². The number of aryl methyl sites for hydroxylation is 1. The highest BCUT2D eigenvalue weighted by Gasteiger charge is 2.30. The largest absolute Gasteiger partial charge is 0.378 e. The third-order valence-electron chi connectivity index (χ3n) is 7.18. The van der Waals surface area contributed by atoms with E-state index in [9.17, 15) is 9.59 Å². The summed E-state index contributed by atoms with van der Waals surface area (Å²) in [6.07, 6.45) is 3.83. The van der Waals surface area contributed by atoms with Gasteiger partial charge in [0.1, 0.15) is 6.54 Å². The number of anilines is 2. The minimum atomic E-state index is -0.115. The van der Waals surface area contributed by atoms with Gasteiger partial charge in [-0.1, -0.05) is 30.3 Å². The van der Waals surface area contributed by atoms with E-state index < -0.39 is 0 Å². The quantitative estimate of drug-likeness (QED) is 0.305. The molecule has 0 saturated carbocycles. The van der Waals surface area contributed by atoms with Gasteiger partial charge in [-0.2, -0.15) is 0 Å². The molecule has 3 aromatic carbocycles. The lowest BCUT2D eigenvalue weighted by molar-refractivity contribution is -0.121. The third kappa shape index (κ3) is 5.91. The molecular weight excluding hydrogens is 534 g/mol. The van der Waals surface area contributed by atoms with Crippen LogP contribution in [0.25, 0.3) is 17.0 Å². The van der Waals surface area contributed by atoms with E-state index >= 15 is 0 Å². The van der Waals surface area contributed by atoms with Crippen LogP contribution in [0, 0.1) is 6.92 Å². The number of thioether (sulfide) groups is 1. The number of aliphatic imine (C=N–C) groups is 1. The van der Waals surface area contributed by atoms with Gasteiger partial charge in [0.05, 0.1) is 23.8 Å². The zero-order valence-corrected chi connectivity index (χ0v) is 23.9. The summed E-state index contributed by atoms with van der Waals surface area (Å²) in [7, 11) is 1.75. The SMILES string of the molecule is Cc1cccc(NC(=O)Cn2cc(/C=C3\SC(=Nc4ccc(N5CCOCC5)cc4)N(C)C3=O)c3ccccc32)c1. The maximum atomic E-state index is 13.2. The number of para-hydroxylation sites is 1. The number of nitrogens with zero attached hydrogens (tertiary/aromatic N) is 4. The molecule has 1 N–H and O–H groups in total. The van der Waals surface area contributed by atoms with Gasteiger partial charge in [0.2, 0.25) is 5.91 Å². The summed E-state index contributed by atoms with van der Waals surface area (Å²) in [5, 5.41) is 4.58. The second-order valence-electron chi connectivity index (χ2n) is 10.1. The molecule has 2 saturated heterocycles. The molecular formula is C32H31N5O3S. The summed E-state index contributed by atoms with van der Waals surface area (Å²) in [5.41, 5.74) is 5.60. The Kier molecular flexibility index (Phi) is 7.63. The molecule has 2 amide bonds. The van der Waals surface area contributed by atoms with Gasteiger partial charge in [0.15, 0.2) is 5.17 Å². The molecule has 0 bridgehead atoms. The average molecular weight is 566 g/mol. The van der Waals surface area contributed by atoms with Crippen molar-refractivity contribution in [2.24, 2.45) is 4.99 Å². The second kappa shape index (κ2) is 11.6. The van der Waals surface area contributed by atoms with Gasteiger partial charge in [-0.25, -0.2) is 4.99 Å².